The van der Waals surface area contributed by atoms with E-state index in [-0.39, 0.29) is 17.0 Å². The number of carbonyl (C=O) groups excluding carboxylic acids is 2. The second kappa shape index (κ2) is 8.41. The Balaban J connectivity index is 1.91. The number of rotatable bonds is 7. The van der Waals surface area contributed by atoms with Crippen molar-refractivity contribution in [2.75, 3.05) is 18.5 Å². The van der Waals surface area contributed by atoms with Gasteiger partial charge in [0.2, 0.25) is 10.0 Å². The van der Waals surface area contributed by atoms with Crippen molar-refractivity contribution >= 4 is 27.6 Å². The average Bonchev–Trinajstić information content (AvgIpc) is 2.60. The van der Waals surface area contributed by atoms with Gasteiger partial charge in [-0.3, -0.25) is 4.79 Å². The Morgan fingerprint density at radius 1 is 1.00 bits per heavy atom. The third-order valence-corrected chi connectivity index (χ3v) is 4.69. The molecule has 2 aromatic carbocycles. The Kier molecular flexibility index (Phi) is 6.26. The van der Waals surface area contributed by atoms with Crippen LogP contribution in [0.25, 0.3) is 0 Å². The Hall–Kier alpha value is -2.71. The monoisotopic (exact) mass is 362 g/mol. The lowest BCUT2D eigenvalue weighted by atomic mass is 10.2. The Labute approximate surface area is 146 Å². The lowest BCUT2D eigenvalue weighted by Crippen LogP contribution is -2.23. The van der Waals surface area contributed by atoms with Crippen molar-refractivity contribution in [1.82, 2.24) is 4.72 Å². The van der Waals surface area contributed by atoms with E-state index < -0.39 is 28.5 Å². The van der Waals surface area contributed by atoms with Gasteiger partial charge in [0, 0.05) is 12.2 Å². The Morgan fingerprint density at radius 3 is 2.24 bits per heavy atom. The van der Waals surface area contributed by atoms with Crippen LogP contribution in [0.2, 0.25) is 0 Å². The SMILES string of the molecule is CCNS(=O)(=O)c1ccc(C(=O)OCC(=O)Nc2ccccc2)cc1. The largest absolute Gasteiger partial charge is 0.452 e. The minimum Gasteiger partial charge on any atom is -0.452 e. The molecule has 8 heteroatoms. The van der Waals surface area contributed by atoms with Gasteiger partial charge in [-0.05, 0) is 36.4 Å². The van der Waals surface area contributed by atoms with Crippen LogP contribution >= 0.6 is 0 Å². The van der Waals surface area contributed by atoms with Crippen LogP contribution in [0.3, 0.4) is 0 Å². The minimum absolute atomic E-state index is 0.0488. The summed E-state index contributed by atoms with van der Waals surface area (Å²) in [7, 11) is -3.58. The van der Waals surface area contributed by atoms with Crippen LogP contribution in [0.4, 0.5) is 5.69 Å². The predicted octanol–water partition coefficient (Wildman–Crippen LogP) is 1.78. The van der Waals surface area contributed by atoms with Gasteiger partial charge in [0.05, 0.1) is 10.5 Å². The summed E-state index contributed by atoms with van der Waals surface area (Å²) in [5, 5.41) is 2.59. The van der Waals surface area contributed by atoms with Gasteiger partial charge in [0.25, 0.3) is 5.91 Å². The lowest BCUT2D eigenvalue weighted by Gasteiger charge is -2.07. The quantitative estimate of drug-likeness (QED) is 0.731. The fourth-order valence-corrected chi connectivity index (χ4v) is 3.02. The van der Waals surface area contributed by atoms with Crippen LogP contribution in [0, 0.1) is 0 Å². The Morgan fingerprint density at radius 2 is 1.64 bits per heavy atom. The van der Waals surface area contributed by atoms with Crippen molar-refractivity contribution in [3.63, 3.8) is 0 Å². The molecular weight excluding hydrogens is 344 g/mol. The van der Waals surface area contributed by atoms with Crippen LogP contribution in [0.15, 0.2) is 59.5 Å². The molecule has 2 N–H and O–H groups in total. The van der Waals surface area contributed by atoms with Gasteiger partial charge in [-0.25, -0.2) is 17.9 Å². The number of nitrogens with one attached hydrogen (secondary N) is 2. The molecule has 0 aromatic heterocycles. The molecule has 0 saturated carbocycles. The van der Waals surface area contributed by atoms with Crippen LogP contribution in [0.5, 0.6) is 0 Å². The maximum absolute atomic E-state index is 11.9. The molecule has 132 valence electrons. The first kappa shape index (κ1) is 18.6. The van der Waals surface area contributed by atoms with Crippen molar-refractivity contribution in [3.05, 3.63) is 60.2 Å². The summed E-state index contributed by atoms with van der Waals surface area (Å²) < 4.78 is 30.9. The highest BCUT2D eigenvalue weighted by atomic mass is 32.2. The fraction of sp³-hybridized carbons (Fsp3) is 0.176. The minimum atomic E-state index is -3.58. The highest BCUT2D eigenvalue weighted by Crippen LogP contribution is 2.11. The van der Waals surface area contributed by atoms with Gasteiger partial charge in [-0.2, -0.15) is 0 Å². The molecular formula is C17H18N2O5S. The number of anilines is 1. The zero-order valence-corrected chi connectivity index (χ0v) is 14.4. The third-order valence-electron chi connectivity index (χ3n) is 3.13. The number of sulfonamides is 1. The molecule has 0 unspecified atom stereocenters. The summed E-state index contributed by atoms with van der Waals surface area (Å²) in [4.78, 5) is 23.7. The molecule has 25 heavy (non-hydrogen) atoms. The van der Waals surface area contributed by atoms with Crippen molar-refractivity contribution in [2.45, 2.75) is 11.8 Å². The molecule has 0 spiro atoms. The maximum atomic E-state index is 11.9. The molecule has 1 amide bonds. The van der Waals surface area contributed by atoms with E-state index in [4.69, 9.17) is 4.74 Å². The second-order valence-electron chi connectivity index (χ2n) is 5.02. The van der Waals surface area contributed by atoms with E-state index in [1.807, 2.05) is 6.07 Å². The lowest BCUT2D eigenvalue weighted by molar-refractivity contribution is -0.119. The zero-order valence-electron chi connectivity index (χ0n) is 13.6. The van der Waals surface area contributed by atoms with E-state index in [0.29, 0.717) is 5.69 Å². The average molecular weight is 362 g/mol. The molecule has 0 aliphatic carbocycles. The summed E-state index contributed by atoms with van der Waals surface area (Å²) >= 11 is 0. The van der Waals surface area contributed by atoms with Crippen molar-refractivity contribution in [3.8, 4) is 0 Å². The third kappa shape index (κ3) is 5.40. The Bertz CT molecular complexity index is 833. The summed E-state index contributed by atoms with van der Waals surface area (Å²) in [6, 6.07) is 14.1. The van der Waals surface area contributed by atoms with Gasteiger partial charge < -0.3 is 10.1 Å². The summed E-state index contributed by atoms with van der Waals surface area (Å²) in [6.45, 7) is 1.50. The van der Waals surface area contributed by atoms with Crippen LogP contribution in [0.1, 0.15) is 17.3 Å². The second-order valence-corrected chi connectivity index (χ2v) is 6.78. The zero-order chi connectivity index (χ0) is 18.3. The molecule has 0 fully saturated rings. The molecule has 2 aromatic rings. The van der Waals surface area contributed by atoms with Crippen molar-refractivity contribution in [1.29, 1.82) is 0 Å². The number of carbonyl (C=O) groups is 2. The first-order valence-corrected chi connectivity index (χ1v) is 9.02. The predicted molar refractivity (Wildman–Crippen MR) is 92.7 cm³/mol. The van der Waals surface area contributed by atoms with Gasteiger partial charge in [-0.1, -0.05) is 25.1 Å². The topological polar surface area (TPSA) is 102 Å². The smallest absolute Gasteiger partial charge is 0.338 e. The van der Waals surface area contributed by atoms with Gasteiger partial charge in [0.1, 0.15) is 0 Å². The standard InChI is InChI=1S/C17H18N2O5S/c1-2-18-25(22,23)15-10-8-13(9-11-15)17(21)24-12-16(20)19-14-6-4-3-5-7-14/h3-11,18H,2,12H2,1H3,(H,19,20). The van der Waals surface area contributed by atoms with E-state index in [1.165, 1.54) is 24.3 Å². The van der Waals surface area contributed by atoms with Crippen molar-refractivity contribution in [2.24, 2.45) is 0 Å². The molecule has 7 nitrogen and oxygen atoms in total. The van der Waals surface area contributed by atoms with Gasteiger partial charge in [-0.15, -0.1) is 0 Å². The van der Waals surface area contributed by atoms with E-state index in [2.05, 4.69) is 10.0 Å². The van der Waals surface area contributed by atoms with Gasteiger partial charge in [0.15, 0.2) is 6.61 Å². The van der Waals surface area contributed by atoms with E-state index in [0.717, 1.165) is 0 Å². The fourth-order valence-electron chi connectivity index (χ4n) is 1.98. The number of ether oxygens (including phenoxy) is 1. The molecule has 2 rings (SSSR count). The normalized spacial score (nSPS) is 10.9. The van der Waals surface area contributed by atoms with Crippen LogP contribution in [-0.4, -0.2) is 33.4 Å². The van der Waals surface area contributed by atoms with Crippen LogP contribution < -0.4 is 10.0 Å². The number of amides is 1. The number of hydrogen-bond donors (Lipinski definition) is 2. The first-order chi connectivity index (χ1) is 11.9. The van der Waals surface area contributed by atoms with Gasteiger partial charge >= 0.3 is 5.97 Å². The summed E-state index contributed by atoms with van der Waals surface area (Å²) in [5.74, 6) is -1.18. The first-order valence-electron chi connectivity index (χ1n) is 7.54. The molecule has 0 radical (unpaired) electrons. The molecule has 0 bridgehead atoms. The molecule has 0 aliphatic rings. The number of hydrogen-bond acceptors (Lipinski definition) is 5. The molecule has 0 atom stereocenters. The number of benzene rings is 2. The highest BCUT2D eigenvalue weighted by Gasteiger charge is 2.15. The molecule has 0 heterocycles. The summed E-state index contributed by atoms with van der Waals surface area (Å²) in [5.41, 5.74) is 0.754. The molecule has 0 aliphatic heterocycles. The van der Waals surface area contributed by atoms with E-state index in [9.17, 15) is 18.0 Å². The van der Waals surface area contributed by atoms with Crippen LogP contribution in [-0.2, 0) is 19.6 Å². The maximum Gasteiger partial charge on any atom is 0.338 e. The van der Waals surface area contributed by atoms with E-state index in [1.54, 1.807) is 31.2 Å². The highest BCUT2D eigenvalue weighted by molar-refractivity contribution is 7.89. The molecule has 0 saturated heterocycles. The van der Waals surface area contributed by atoms with Crippen molar-refractivity contribution < 1.29 is 22.7 Å². The van der Waals surface area contributed by atoms with E-state index >= 15 is 0 Å². The number of para-hydroxylation sites is 1. The number of esters is 1. The summed E-state index contributed by atoms with van der Waals surface area (Å²) in [6.07, 6.45) is 0.